The second-order valence-corrected chi connectivity index (χ2v) is 3.55. The number of hydrogen-bond donors (Lipinski definition) is 1. The molecule has 88 valence electrons. The lowest BCUT2D eigenvalue weighted by atomic mass is 10.2. The summed E-state index contributed by atoms with van der Waals surface area (Å²) in [5.74, 6) is -0.205. The van der Waals surface area contributed by atoms with Crippen molar-refractivity contribution in [2.75, 3.05) is 39.5 Å². The van der Waals surface area contributed by atoms with E-state index < -0.39 is 0 Å². The van der Waals surface area contributed by atoms with Crippen LogP contribution in [0.5, 0.6) is 0 Å². The number of carbonyl (C=O) groups excluding carboxylic acids is 1. The molecule has 0 aromatic heterocycles. The Bertz CT molecular complexity index is 202. The zero-order chi connectivity index (χ0) is 11.1. The predicted molar refractivity (Wildman–Crippen MR) is 55.5 cm³/mol. The van der Waals surface area contributed by atoms with E-state index in [9.17, 15) is 9.18 Å². The fourth-order valence-electron chi connectivity index (χ4n) is 1.75. The van der Waals surface area contributed by atoms with Gasteiger partial charge in [0.2, 0.25) is 0 Å². The van der Waals surface area contributed by atoms with Crippen LogP contribution in [0.25, 0.3) is 0 Å². The predicted octanol–water partition coefficient (Wildman–Crippen LogP) is 0.183. The third-order valence-electron chi connectivity index (χ3n) is 2.49. The first-order valence-electron chi connectivity index (χ1n) is 5.47. The summed E-state index contributed by atoms with van der Waals surface area (Å²) >= 11 is 0. The molecule has 4 nitrogen and oxygen atoms in total. The van der Waals surface area contributed by atoms with Crippen molar-refractivity contribution in [1.82, 2.24) is 10.2 Å². The van der Waals surface area contributed by atoms with Gasteiger partial charge in [0, 0.05) is 26.2 Å². The summed E-state index contributed by atoms with van der Waals surface area (Å²) in [4.78, 5) is 13.6. The highest BCUT2D eigenvalue weighted by Crippen LogP contribution is 2.06. The van der Waals surface area contributed by atoms with Gasteiger partial charge in [-0.1, -0.05) is 0 Å². The fraction of sp³-hybridized carbons (Fsp3) is 0.900. The fourth-order valence-corrected chi connectivity index (χ4v) is 1.75. The number of esters is 1. The van der Waals surface area contributed by atoms with E-state index in [1.807, 2.05) is 4.90 Å². The van der Waals surface area contributed by atoms with Crippen molar-refractivity contribution in [2.45, 2.75) is 19.4 Å². The van der Waals surface area contributed by atoms with E-state index in [4.69, 9.17) is 4.74 Å². The Morgan fingerprint density at radius 1 is 1.67 bits per heavy atom. The van der Waals surface area contributed by atoms with Crippen molar-refractivity contribution < 1.29 is 13.9 Å². The molecule has 1 aliphatic heterocycles. The van der Waals surface area contributed by atoms with Crippen LogP contribution in [-0.4, -0.2) is 56.4 Å². The molecule has 0 radical (unpaired) electrons. The molecule has 5 heteroatoms. The van der Waals surface area contributed by atoms with Gasteiger partial charge in [0.1, 0.15) is 6.04 Å². The van der Waals surface area contributed by atoms with Crippen LogP contribution in [0.3, 0.4) is 0 Å². The Balaban J connectivity index is 2.45. The van der Waals surface area contributed by atoms with Gasteiger partial charge in [-0.2, -0.15) is 0 Å². The molecular weight excluding hydrogens is 199 g/mol. The second-order valence-electron chi connectivity index (χ2n) is 3.55. The molecule has 0 bridgehead atoms. The minimum absolute atomic E-state index is 0.205. The Labute approximate surface area is 89.8 Å². The summed E-state index contributed by atoms with van der Waals surface area (Å²) in [5.41, 5.74) is 0. The number of alkyl halides is 1. The Morgan fingerprint density at radius 3 is 3.13 bits per heavy atom. The van der Waals surface area contributed by atoms with Crippen LogP contribution in [0.2, 0.25) is 0 Å². The average Bonchev–Trinajstić information content (AvgIpc) is 2.27. The van der Waals surface area contributed by atoms with E-state index in [0.717, 1.165) is 13.1 Å². The number of halogens is 1. The van der Waals surface area contributed by atoms with E-state index >= 15 is 0 Å². The number of rotatable bonds is 5. The molecular formula is C10H19FN2O2. The first kappa shape index (κ1) is 12.4. The number of nitrogens with one attached hydrogen (secondary N) is 1. The zero-order valence-corrected chi connectivity index (χ0v) is 9.17. The molecule has 1 unspecified atom stereocenters. The zero-order valence-electron chi connectivity index (χ0n) is 9.17. The largest absolute Gasteiger partial charge is 0.465 e. The Kier molecular flexibility index (Phi) is 5.57. The van der Waals surface area contributed by atoms with Gasteiger partial charge in [0.15, 0.2) is 0 Å². The molecule has 0 aromatic carbocycles. The van der Waals surface area contributed by atoms with Gasteiger partial charge < -0.3 is 10.1 Å². The maximum Gasteiger partial charge on any atom is 0.324 e. The van der Waals surface area contributed by atoms with Crippen molar-refractivity contribution in [3.05, 3.63) is 0 Å². The number of hydrogen-bond acceptors (Lipinski definition) is 4. The lowest BCUT2D eigenvalue weighted by Crippen LogP contribution is -2.55. The highest BCUT2D eigenvalue weighted by molar-refractivity contribution is 5.76. The van der Waals surface area contributed by atoms with E-state index in [1.54, 1.807) is 6.92 Å². The molecule has 0 amide bonds. The molecule has 1 N–H and O–H groups in total. The quantitative estimate of drug-likeness (QED) is 0.669. The molecule has 1 fully saturated rings. The summed E-state index contributed by atoms with van der Waals surface area (Å²) in [7, 11) is 0. The van der Waals surface area contributed by atoms with Gasteiger partial charge >= 0.3 is 5.97 Å². The van der Waals surface area contributed by atoms with Crippen LogP contribution in [0, 0.1) is 0 Å². The average molecular weight is 218 g/mol. The third kappa shape index (κ3) is 3.76. The van der Waals surface area contributed by atoms with E-state index in [0.29, 0.717) is 26.1 Å². The number of nitrogens with zero attached hydrogens (tertiary/aromatic N) is 1. The van der Waals surface area contributed by atoms with Crippen molar-refractivity contribution in [3.63, 3.8) is 0 Å². The van der Waals surface area contributed by atoms with Gasteiger partial charge in [-0.3, -0.25) is 14.1 Å². The molecule has 0 aromatic rings. The summed E-state index contributed by atoms with van der Waals surface area (Å²) in [6.45, 7) is 4.71. The van der Waals surface area contributed by atoms with Crippen molar-refractivity contribution in [2.24, 2.45) is 0 Å². The van der Waals surface area contributed by atoms with Crippen LogP contribution in [-0.2, 0) is 9.53 Å². The maximum atomic E-state index is 12.1. The first-order valence-corrected chi connectivity index (χ1v) is 5.47. The van der Waals surface area contributed by atoms with Crippen LogP contribution in [0.4, 0.5) is 4.39 Å². The van der Waals surface area contributed by atoms with Gasteiger partial charge in [-0.05, 0) is 13.3 Å². The summed E-state index contributed by atoms with van der Waals surface area (Å²) in [5, 5.41) is 3.14. The minimum atomic E-state index is -0.334. The van der Waals surface area contributed by atoms with Crippen LogP contribution >= 0.6 is 0 Å². The lowest BCUT2D eigenvalue weighted by molar-refractivity contribution is -0.150. The summed E-state index contributed by atoms with van der Waals surface area (Å²) in [6.07, 6.45) is 0.482. The lowest BCUT2D eigenvalue weighted by Gasteiger charge is -2.34. The number of ether oxygens (including phenoxy) is 1. The van der Waals surface area contributed by atoms with Crippen LogP contribution in [0.15, 0.2) is 0 Å². The van der Waals surface area contributed by atoms with E-state index in [2.05, 4.69) is 5.32 Å². The molecule has 1 rings (SSSR count). The third-order valence-corrected chi connectivity index (χ3v) is 2.49. The molecule has 1 aliphatic rings. The van der Waals surface area contributed by atoms with Crippen molar-refractivity contribution in [3.8, 4) is 0 Å². The molecule has 1 atom stereocenters. The second kappa shape index (κ2) is 6.74. The normalized spacial score (nSPS) is 22.7. The summed E-state index contributed by atoms with van der Waals surface area (Å²) < 4.78 is 17.0. The van der Waals surface area contributed by atoms with Gasteiger partial charge in [0.25, 0.3) is 0 Å². The highest BCUT2D eigenvalue weighted by Gasteiger charge is 2.28. The van der Waals surface area contributed by atoms with Gasteiger partial charge in [0.05, 0.1) is 13.3 Å². The molecule has 1 saturated heterocycles. The Morgan fingerprint density at radius 2 is 2.47 bits per heavy atom. The van der Waals surface area contributed by atoms with Crippen LogP contribution < -0.4 is 5.32 Å². The van der Waals surface area contributed by atoms with Crippen molar-refractivity contribution in [1.29, 1.82) is 0 Å². The molecule has 0 spiro atoms. The molecule has 15 heavy (non-hydrogen) atoms. The topological polar surface area (TPSA) is 41.6 Å². The van der Waals surface area contributed by atoms with Crippen molar-refractivity contribution >= 4 is 5.97 Å². The van der Waals surface area contributed by atoms with Gasteiger partial charge in [-0.25, -0.2) is 0 Å². The molecule has 0 aliphatic carbocycles. The SMILES string of the molecule is CCOC(=O)C1CNCCN1CCCF. The van der Waals surface area contributed by atoms with Gasteiger partial charge in [-0.15, -0.1) is 0 Å². The molecule has 0 saturated carbocycles. The monoisotopic (exact) mass is 218 g/mol. The summed E-state index contributed by atoms with van der Waals surface area (Å²) in [6, 6.07) is -0.245. The van der Waals surface area contributed by atoms with Crippen LogP contribution in [0.1, 0.15) is 13.3 Å². The highest BCUT2D eigenvalue weighted by atomic mass is 19.1. The minimum Gasteiger partial charge on any atom is -0.465 e. The Hall–Kier alpha value is -0.680. The standard InChI is InChI=1S/C10H19FN2O2/c1-2-15-10(14)9-8-12-5-7-13(9)6-3-4-11/h9,12H,2-8H2,1H3. The first-order chi connectivity index (χ1) is 7.29. The maximum absolute atomic E-state index is 12.1. The van der Waals surface area contributed by atoms with E-state index in [-0.39, 0.29) is 18.7 Å². The number of carbonyl (C=O) groups is 1. The van der Waals surface area contributed by atoms with E-state index in [1.165, 1.54) is 0 Å². The number of piperazine rings is 1. The smallest absolute Gasteiger partial charge is 0.324 e. The molecule has 1 heterocycles.